The van der Waals surface area contributed by atoms with Gasteiger partial charge in [-0.2, -0.15) is 0 Å². The molecule has 0 fully saturated rings. The van der Waals surface area contributed by atoms with Crippen LogP contribution in [0, 0.1) is 12.8 Å². The number of hydrogen-bond acceptors (Lipinski definition) is 0. The van der Waals surface area contributed by atoms with Crippen molar-refractivity contribution in [3.05, 3.63) is 35.4 Å². The Balaban J connectivity index is 2.43. The number of alkyl halides is 1. The van der Waals surface area contributed by atoms with Crippen molar-refractivity contribution >= 4 is 0 Å². The highest BCUT2D eigenvalue weighted by atomic mass is 19.1. The number of aryl methyl sites for hydroxylation is 1. The lowest BCUT2D eigenvalue weighted by Crippen LogP contribution is -2.00. The first-order valence-electron chi connectivity index (χ1n) is 5.34. The fourth-order valence-electron chi connectivity index (χ4n) is 1.77. The molecule has 78 valence electrons. The van der Waals surface area contributed by atoms with Crippen LogP contribution in [-0.4, -0.2) is 6.67 Å². The van der Waals surface area contributed by atoms with Gasteiger partial charge in [0.2, 0.25) is 0 Å². The van der Waals surface area contributed by atoms with Crippen molar-refractivity contribution in [2.75, 3.05) is 6.67 Å². The zero-order valence-electron chi connectivity index (χ0n) is 9.09. The lowest BCUT2D eigenvalue weighted by atomic mass is 9.96. The van der Waals surface area contributed by atoms with Crippen LogP contribution >= 0.6 is 0 Å². The third-order valence-corrected chi connectivity index (χ3v) is 2.50. The Morgan fingerprint density at radius 1 is 1.36 bits per heavy atom. The van der Waals surface area contributed by atoms with Gasteiger partial charge < -0.3 is 0 Å². The van der Waals surface area contributed by atoms with Crippen molar-refractivity contribution in [2.45, 2.75) is 33.1 Å². The first-order valence-corrected chi connectivity index (χ1v) is 5.34. The Kier molecular flexibility index (Phi) is 4.64. The van der Waals surface area contributed by atoms with Crippen molar-refractivity contribution in [1.29, 1.82) is 0 Å². The molecule has 0 heterocycles. The molecule has 0 radical (unpaired) electrons. The quantitative estimate of drug-likeness (QED) is 0.666. The van der Waals surface area contributed by atoms with E-state index in [1.54, 1.807) is 0 Å². The summed E-state index contributed by atoms with van der Waals surface area (Å²) < 4.78 is 12.0. The Morgan fingerprint density at radius 2 is 2.14 bits per heavy atom. The van der Waals surface area contributed by atoms with E-state index < -0.39 is 0 Å². The molecule has 0 bridgehead atoms. The molecule has 1 heteroatoms. The van der Waals surface area contributed by atoms with Crippen LogP contribution in [0.2, 0.25) is 0 Å². The summed E-state index contributed by atoms with van der Waals surface area (Å²) in [5.41, 5.74) is 2.68. The summed E-state index contributed by atoms with van der Waals surface area (Å²) in [4.78, 5) is 0. The monoisotopic (exact) mass is 194 g/mol. The zero-order chi connectivity index (χ0) is 10.4. The molecule has 0 spiro atoms. The molecule has 1 unspecified atom stereocenters. The number of rotatable bonds is 5. The van der Waals surface area contributed by atoms with Crippen LogP contribution in [0.3, 0.4) is 0 Å². The lowest BCUT2D eigenvalue weighted by molar-refractivity contribution is 0.416. The van der Waals surface area contributed by atoms with Gasteiger partial charge in [0.15, 0.2) is 0 Å². The third-order valence-electron chi connectivity index (χ3n) is 2.50. The molecule has 0 N–H and O–H groups in total. The normalized spacial score (nSPS) is 12.8. The number of benzene rings is 1. The van der Waals surface area contributed by atoms with Crippen LogP contribution in [0.5, 0.6) is 0 Å². The molecule has 1 aromatic rings. The van der Waals surface area contributed by atoms with E-state index in [1.165, 1.54) is 11.1 Å². The van der Waals surface area contributed by atoms with Crippen LogP contribution in [0.1, 0.15) is 30.9 Å². The van der Waals surface area contributed by atoms with Crippen LogP contribution in [-0.2, 0) is 6.42 Å². The standard InChI is InChI=1S/C13H19F/c1-11-5-3-7-13(9-11)10-12(2)6-4-8-14/h3,5,7,9,12H,4,6,8,10H2,1-2H3. The molecular weight excluding hydrogens is 175 g/mol. The zero-order valence-corrected chi connectivity index (χ0v) is 9.09. The van der Waals surface area contributed by atoms with Gasteiger partial charge >= 0.3 is 0 Å². The smallest absolute Gasteiger partial charge is 0.0894 e. The summed E-state index contributed by atoms with van der Waals surface area (Å²) in [6.45, 7) is 4.12. The van der Waals surface area contributed by atoms with Gasteiger partial charge in [-0.15, -0.1) is 0 Å². The lowest BCUT2D eigenvalue weighted by Gasteiger charge is -2.10. The first kappa shape index (κ1) is 11.2. The predicted octanol–water partition coefficient (Wildman–Crippen LogP) is 3.92. The summed E-state index contributed by atoms with van der Waals surface area (Å²) >= 11 is 0. The van der Waals surface area contributed by atoms with Crippen molar-refractivity contribution in [3.63, 3.8) is 0 Å². The van der Waals surface area contributed by atoms with E-state index in [4.69, 9.17) is 0 Å². The topological polar surface area (TPSA) is 0 Å². The van der Waals surface area contributed by atoms with Gasteiger partial charge in [0.05, 0.1) is 6.67 Å². The predicted molar refractivity (Wildman–Crippen MR) is 59.3 cm³/mol. The van der Waals surface area contributed by atoms with E-state index in [0.717, 1.165) is 12.8 Å². The molecule has 0 saturated heterocycles. The van der Waals surface area contributed by atoms with Crippen LogP contribution in [0.4, 0.5) is 4.39 Å². The van der Waals surface area contributed by atoms with Gasteiger partial charge in [-0.1, -0.05) is 36.8 Å². The van der Waals surface area contributed by atoms with Crippen LogP contribution < -0.4 is 0 Å². The molecule has 14 heavy (non-hydrogen) atoms. The number of halogens is 1. The molecule has 0 saturated carbocycles. The van der Waals surface area contributed by atoms with Crippen molar-refractivity contribution in [3.8, 4) is 0 Å². The van der Waals surface area contributed by atoms with Gasteiger partial charge in [-0.05, 0) is 37.7 Å². The minimum atomic E-state index is -0.182. The molecule has 0 amide bonds. The Morgan fingerprint density at radius 3 is 2.79 bits per heavy atom. The second-order valence-corrected chi connectivity index (χ2v) is 4.13. The van der Waals surface area contributed by atoms with E-state index in [9.17, 15) is 4.39 Å². The summed E-state index contributed by atoms with van der Waals surface area (Å²) in [6.07, 6.45) is 2.76. The maximum atomic E-state index is 12.0. The highest BCUT2D eigenvalue weighted by Gasteiger charge is 2.03. The van der Waals surface area contributed by atoms with Gasteiger partial charge in [0.25, 0.3) is 0 Å². The van der Waals surface area contributed by atoms with Gasteiger partial charge in [-0.25, -0.2) is 0 Å². The largest absolute Gasteiger partial charge is 0.251 e. The summed E-state index contributed by atoms with van der Waals surface area (Å²) in [5.74, 6) is 0.590. The van der Waals surface area contributed by atoms with E-state index in [0.29, 0.717) is 12.3 Å². The fraction of sp³-hybridized carbons (Fsp3) is 0.538. The fourth-order valence-corrected chi connectivity index (χ4v) is 1.77. The molecule has 1 atom stereocenters. The van der Waals surface area contributed by atoms with E-state index >= 15 is 0 Å². The molecule has 1 aromatic carbocycles. The average molecular weight is 194 g/mol. The van der Waals surface area contributed by atoms with Crippen LogP contribution in [0.25, 0.3) is 0 Å². The minimum Gasteiger partial charge on any atom is -0.251 e. The molecule has 0 aliphatic rings. The Hall–Kier alpha value is -0.850. The van der Waals surface area contributed by atoms with Crippen molar-refractivity contribution < 1.29 is 4.39 Å². The summed E-state index contributed by atoms with van der Waals surface area (Å²) in [5, 5.41) is 0. The first-order chi connectivity index (χ1) is 6.72. The molecule has 0 aliphatic carbocycles. The number of hydrogen-bond donors (Lipinski definition) is 0. The molecular formula is C13H19F. The van der Waals surface area contributed by atoms with E-state index in [-0.39, 0.29) is 6.67 Å². The molecule has 0 aromatic heterocycles. The van der Waals surface area contributed by atoms with E-state index in [1.807, 2.05) is 0 Å². The van der Waals surface area contributed by atoms with Crippen molar-refractivity contribution in [1.82, 2.24) is 0 Å². The van der Waals surface area contributed by atoms with Gasteiger partial charge in [-0.3, -0.25) is 4.39 Å². The third kappa shape index (κ3) is 3.91. The highest BCUT2D eigenvalue weighted by Crippen LogP contribution is 2.14. The second kappa shape index (κ2) is 5.79. The minimum absolute atomic E-state index is 0.182. The molecule has 0 aliphatic heterocycles. The highest BCUT2D eigenvalue weighted by molar-refractivity contribution is 5.22. The molecule has 0 nitrogen and oxygen atoms in total. The van der Waals surface area contributed by atoms with Crippen molar-refractivity contribution in [2.24, 2.45) is 5.92 Å². The maximum Gasteiger partial charge on any atom is 0.0894 e. The SMILES string of the molecule is Cc1cccc(CC(C)CCCF)c1. The average Bonchev–Trinajstić information content (AvgIpc) is 2.15. The maximum absolute atomic E-state index is 12.0. The Bertz CT molecular complexity index is 268. The summed E-state index contributed by atoms with van der Waals surface area (Å²) in [7, 11) is 0. The Labute approximate surface area is 86.2 Å². The second-order valence-electron chi connectivity index (χ2n) is 4.13. The molecule has 1 rings (SSSR count). The van der Waals surface area contributed by atoms with Gasteiger partial charge in [0.1, 0.15) is 0 Å². The van der Waals surface area contributed by atoms with E-state index in [2.05, 4.69) is 38.1 Å². The summed E-state index contributed by atoms with van der Waals surface area (Å²) in [6, 6.07) is 8.56. The van der Waals surface area contributed by atoms with Gasteiger partial charge in [0, 0.05) is 0 Å². The van der Waals surface area contributed by atoms with Crippen LogP contribution in [0.15, 0.2) is 24.3 Å².